The number of ketones is 1. The molecule has 0 saturated carbocycles. The van der Waals surface area contributed by atoms with Gasteiger partial charge in [0.15, 0.2) is 17.5 Å². The third-order valence-corrected chi connectivity index (χ3v) is 6.17. The van der Waals surface area contributed by atoms with Crippen molar-refractivity contribution in [3.05, 3.63) is 76.3 Å². The minimum Gasteiger partial charge on any atom is -0.484 e. The SMILES string of the molecule is CCC(=O)c1ccc(OCC(=O)Nc2nc3c(s2)CN(Cc2ccccc2)CC3)cc1. The molecular weight excluding hydrogens is 410 g/mol. The number of nitrogens with one attached hydrogen (secondary N) is 1. The minimum atomic E-state index is -0.249. The van der Waals surface area contributed by atoms with Gasteiger partial charge in [-0.15, -0.1) is 11.3 Å². The Kier molecular flexibility index (Phi) is 6.74. The molecule has 0 spiro atoms. The van der Waals surface area contributed by atoms with Gasteiger partial charge in [-0.3, -0.25) is 19.8 Å². The molecule has 0 unspecified atom stereocenters. The van der Waals surface area contributed by atoms with E-state index in [1.165, 1.54) is 21.8 Å². The summed E-state index contributed by atoms with van der Waals surface area (Å²) < 4.78 is 5.54. The van der Waals surface area contributed by atoms with Crippen molar-refractivity contribution in [2.24, 2.45) is 0 Å². The highest BCUT2D eigenvalue weighted by atomic mass is 32.1. The topological polar surface area (TPSA) is 71.5 Å². The summed E-state index contributed by atoms with van der Waals surface area (Å²) in [6.07, 6.45) is 1.35. The van der Waals surface area contributed by atoms with Crippen LogP contribution in [0, 0.1) is 0 Å². The van der Waals surface area contributed by atoms with Crippen LogP contribution >= 0.6 is 11.3 Å². The number of ether oxygens (including phenoxy) is 1. The highest BCUT2D eigenvalue weighted by molar-refractivity contribution is 7.15. The third-order valence-electron chi connectivity index (χ3n) is 5.17. The van der Waals surface area contributed by atoms with Gasteiger partial charge in [0.2, 0.25) is 0 Å². The molecule has 0 aliphatic carbocycles. The molecule has 0 fully saturated rings. The van der Waals surface area contributed by atoms with E-state index in [0.29, 0.717) is 22.9 Å². The second-order valence-electron chi connectivity index (χ2n) is 7.47. The Bertz CT molecular complexity index is 1050. The minimum absolute atomic E-state index is 0.0827. The van der Waals surface area contributed by atoms with E-state index in [9.17, 15) is 9.59 Å². The van der Waals surface area contributed by atoms with Gasteiger partial charge >= 0.3 is 0 Å². The Morgan fingerprint density at radius 3 is 2.65 bits per heavy atom. The fraction of sp³-hybridized carbons (Fsp3) is 0.292. The second kappa shape index (κ2) is 9.85. The Labute approximate surface area is 185 Å². The van der Waals surface area contributed by atoms with Crippen molar-refractivity contribution in [1.29, 1.82) is 0 Å². The fourth-order valence-corrected chi connectivity index (χ4v) is 4.59. The molecule has 1 aliphatic heterocycles. The van der Waals surface area contributed by atoms with Crippen molar-refractivity contribution >= 4 is 28.2 Å². The Hall–Kier alpha value is -3.03. The number of amides is 1. The van der Waals surface area contributed by atoms with Gasteiger partial charge in [-0.05, 0) is 29.8 Å². The molecule has 1 amide bonds. The quantitative estimate of drug-likeness (QED) is 0.534. The molecule has 0 radical (unpaired) electrons. The molecule has 160 valence electrons. The highest BCUT2D eigenvalue weighted by Gasteiger charge is 2.21. The molecule has 0 bridgehead atoms. The number of anilines is 1. The fourth-order valence-electron chi connectivity index (χ4n) is 3.52. The summed E-state index contributed by atoms with van der Waals surface area (Å²) in [6.45, 7) is 4.44. The first-order valence-corrected chi connectivity index (χ1v) is 11.2. The third kappa shape index (κ3) is 5.57. The van der Waals surface area contributed by atoms with Crippen LogP contribution < -0.4 is 10.1 Å². The zero-order chi connectivity index (χ0) is 21.6. The van der Waals surface area contributed by atoms with Crippen molar-refractivity contribution in [2.45, 2.75) is 32.9 Å². The van der Waals surface area contributed by atoms with Gasteiger partial charge in [0.25, 0.3) is 5.91 Å². The summed E-state index contributed by atoms with van der Waals surface area (Å²) in [6, 6.07) is 17.3. The number of thiazole rings is 1. The zero-order valence-corrected chi connectivity index (χ0v) is 18.3. The number of carbonyl (C=O) groups is 2. The Balaban J connectivity index is 1.28. The van der Waals surface area contributed by atoms with Crippen molar-refractivity contribution in [1.82, 2.24) is 9.88 Å². The predicted octanol–water partition coefficient (Wildman–Crippen LogP) is 4.31. The van der Waals surface area contributed by atoms with Gasteiger partial charge in [0, 0.05) is 42.9 Å². The van der Waals surface area contributed by atoms with Gasteiger partial charge in [0.1, 0.15) is 5.75 Å². The molecule has 3 aromatic rings. The number of fused-ring (bicyclic) bond motifs is 1. The second-order valence-corrected chi connectivity index (χ2v) is 8.56. The zero-order valence-electron chi connectivity index (χ0n) is 17.5. The van der Waals surface area contributed by atoms with Gasteiger partial charge in [-0.2, -0.15) is 0 Å². The lowest BCUT2D eigenvalue weighted by molar-refractivity contribution is -0.118. The van der Waals surface area contributed by atoms with E-state index < -0.39 is 0 Å². The Morgan fingerprint density at radius 2 is 1.90 bits per heavy atom. The first-order valence-electron chi connectivity index (χ1n) is 10.4. The summed E-state index contributed by atoms with van der Waals surface area (Å²) in [5.41, 5.74) is 3.02. The number of nitrogens with zero attached hydrogens (tertiary/aromatic N) is 2. The lowest BCUT2D eigenvalue weighted by atomic mass is 10.1. The summed E-state index contributed by atoms with van der Waals surface area (Å²) in [7, 11) is 0. The summed E-state index contributed by atoms with van der Waals surface area (Å²) in [5, 5.41) is 3.46. The smallest absolute Gasteiger partial charge is 0.264 e. The number of rotatable bonds is 8. The molecule has 7 heteroatoms. The number of carbonyl (C=O) groups excluding carboxylic acids is 2. The van der Waals surface area contributed by atoms with Crippen molar-refractivity contribution < 1.29 is 14.3 Å². The molecule has 2 aromatic carbocycles. The van der Waals surface area contributed by atoms with Gasteiger partial charge in [0.05, 0.1) is 5.69 Å². The monoisotopic (exact) mass is 435 g/mol. The first-order chi connectivity index (χ1) is 15.1. The molecule has 0 saturated heterocycles. The van der Waals surface area contributed by atoms with Gasteiger partial charge in [-0.1, -0.05) is 37.3 Å². The van der Waals surface area contributed by atoms with Crippen molar-refractivity contribution in [3.8, 4) is 5.75 Å². The molecule has 31 heavy (non-hydrogen) atoms. The van der Waals surface area contributed by atoms with E-state index in [4.69, 9.17) is 4.74 Å². The lowest BCUT2D eigenvalue weighted by Crippen LogP contribution is -2.29. The van der Waals surface area contributed by atoms with Crippen LogP contribution in [0.3, 0.4) is 0 Å². The molecule has 0 atom stereocenters. The average Bonchev–Trinajstić information content (AvgIpc) is 3.19. The van der Waals surface area contributed by atoms with Crippen LogP contribution in [-0.2, 0) is 24.3 Å². The van der Waals surface area contributed by atoms with Gasteiger partial charge < -0.3 is 4.74 Å². The van der Waals surface area contributed by atoms with E-state index in [-0.39, 0.29) is 18.3 Å². The van der Waals surface area contributed by atoms with E-state index in [0.717, 1.165) is 31.7 Å². The van der Waals surface area contributed by atoms with Crippen LogP contribution in [0.2, 0.25) is 0 Å². The molecule has 1 N–H and O–H groups in total. The molecule has 4 rings (SSSR count). The summed E-state index contributed by atoms with van der Waals surface area (Å²) in [4.78, 5) is 32.2. The molecule has 1 aromatic heterocycles. The number of benzene rings is 2. The molecule has 2 heterocycles. The van der Waals surface area contributed by atoms with E-state index in [1.807, 2.05) is 13.0 Å². The number of hydrogen-bond acceptors (Lipinski definition) is 6. The summed E-state index contributed by atoms with van der Waals surface area (Å²) >= 11 is 1.53. The number of Topliss-reactive ketones (excluding diaryl/α,β-unsaturated/α-hetero) is 1. The van der Waals surface area contributed by atoms with Crippen LogP contribution in [0.25, 0.3) is 0 Å². The van der Waals surface area contributed by atoms with Crippen molar-refractivity contribution in [2.75, 3.05) is 18.5 Å². The normalized spacial score (nSPS) is 13.5. The van der Waals surface area contributed by atoms with E-state index >= 15 is 0 Å². The standard InChI is InChI=1S/C24H25N3O3S/c1-2-21(28)18-8-10-19(11-9-18)30-16-23(29)26-24-25-20-12-13-27(15-22(20)31-24)14-17-6-4-3-5-7-17/h3-11H,2,12-16H2,1H3,(H,25,26,29). The van der Waals surface area contributed by atoms with Crippen molar-refractivity contribution in [3.63, 3.8) is 0 Å². The van der Waals surface area contributed by atoms with Crippen LogP contribution in [0.4, 0.5) is 5.13 Å². The van der Waals surface area contributed by atoms with Gasteiger partial charge in [-0.25, -0.2) is 4.98 Å². The van der Waals surface area contributed by atoms with Crippen LogP contribution in [0.15, 0.2) is 54.6 Å². The van der Waals surface area contributed by atoms with Crippen LogP contribution in [0.5, 0.6) is 5.75 Å². The maximum atomic E-state index is 12.3. The predicted molar refractivity (Wildman–Crippen MR) is 122 cm³/mol. The maximum absolute atomic E-state index is 12.3. The maximum Gasteiger partial charge on any atom is 0.264 e. The van der Waals surface area contributed by atoms with E-state index in [2.05, 4.69) is 39.5 Å². The lowest BCUT2D eigenvalue weighted by Gasteiger charge is -2.25. The van der Waals surface area contributed by atoms with Crippen LogP contribution in [0.1, 0.15) is 39.8 Å². The number of aromatic nitrogens is 1. The Morgan fingerprint density at radius 1 is 1.13 bits per heavy atom. The first kappa shape index (κ1) is 21.2. The highest BCUT2D eigenvalue weighted by Crippen LogP contribution is 2.29. The van der Waals surface area contributed by atoms with Crippen LogP contribution in [-0.4, -0.2) is 34.7 Å². The summed E-state index contributed by atoms with van der Waals surface area (Å²) in [5.74, 6) is 0.387. The molecule has 6 nitrogen and oxygen atoms in total. The van der Waals surface area contributed by atoms with E-state index in [1.54, 1.807) is 24.3 Å². The number of hydrogen-bond donors (Lipinski definition) is 1. The largest absolute Gasteiger partial charge is 0.484 e. The molecular formula is C24H25N3O3S. The average molecular weight is 436 g/mol. The molecule has 1 aliphatic rings.